The van der Waals surface area contributed by atoms with Gasteiger partial charge in [-0.05, 0) is 67.7 Å². The topological polar surface area (TPSA) is 167 Å². The number of aliphatic hydroxyl groups excluding tert-OH is 2. The molecule has 0 spiro atoms. The van der Waals surface area contributed by atoms with E-state index in [-0.39, 0.29) is 73.4 Å². The average molecular weight is 853 g/mol. The van der Waals surface area contributed by atoms with E-state index < -0.39 is 67.2 Å². The third kappa shape index (κ3) is 9.31. The maximum atomic E-state index is 13.3. The lowest BCUT2D eigenvalue weighted by Crippen LogP contribution is -2.59. The number of carbonyl (C=O) groups is 2. The lowest BCUT2D eigenvalue weighted by Gasteiger charge is -2.43. The normalized spacial score (nSPS) is 41.8. The van der Waals surface area contributed by atoms with Crippen molar-refractivity contribution in [2.24, 2.45) is 11.8 Å². The number of rotatable bonds is 18. The van der Waals surface area contributed by atoms with Crippen molar-refractivity contribution in [1.29, 1.82) is 0 Å². The molecule has 14 heteroatoms. The molecule has 8 aliphatic heterocycles. The quantitative estimate of drug-likeness (QED) is 0.151. The number of benzene rings is 1. The minimum atomic E-state index is -0.970. The van der Waals surface area contributed by atoms with E-state index in [0.717, 1.165) is 36.8 Å². The second kappa shape index (κ2) is 19.0. The third-order valence-corrected chi connectivity index (χ3v) is 14.2. The molecule has 18 atom stereocenters. The molecule has 1 aromatic rings. The second-order valence-electron chi connectivity index (χ2n) is 18.2. The molecule has 61 heavy (non-hydrogen) atoms. The maximum absolute atomic E-state index is 13.3. The monoisotopic (exact) mass is 852 g/mol. The van der Waals surface area contributed by atoms with Crippen LogP contribution in [0.4, 0.5) is 0 Å². The van der Waals surface area contributed by atoms with Crippen LogP contribution in [0.2, 0.25) is 0 Å². The van der Waals surface area contributed by atoms with Crippen LogP contribution in [0, 0.1) is 11.8 Å². The van der Waals surface area contributed by atoms with Crippen molar-refractivity contribution in [2.75, 3.05) is 20.8 Å². The van der Waals surface area contributed by atoms with Gasteiger partial charge in [-0.1, -0.05) is 44.4 Å². The molecule has 8 saturated heterocycles. The Balaban J connectivity index is 0.870. The summed E-state index contributed by atoms with van der Waals surface area (Å²) in [7, 11) is 2.93. The van der Waals surface area contributed by atoms with Crippen molar-refractivity contribution in [1.82, 2.24) is 0 Å². The Morgan fingerprint density at radius 3 is 2.39 bits per heavy atom. The summed E-state index contributed by atoms with van der Waals surface area (Å²) in [5, 5.41) is 19.7. The molecular formula is C47H64O14. The lowest BCUT2D eigenvalue weighted by molar-refractivity contribution is -0.272. The first-order valence-electron chi connectivity index (χ1n) is 22.2. The number of hydrogen-bond acceptors (Lipinski definition) is 14. The first-order valence-corrected chi connectivity index (χ1v) is 22.2. The predicted octanol–water partition coefficient (Wildman–Crippen LogP) is 4.93. The van der Waals surface area contributed by atoms with Crippen molar-refractivity contribution in [2.45, 2.75) is 175 Å². The van der Waals surface area contributed by atoms with Crippen molar-refractivity contribution in [3.05, 3.63) is 72.9 Å². The van der Waals surface area contributed by atoms with Gasteiger partial charge < -0.3 is 57.6 Å². The van der Waals surface area contributed by atoms with Crippen LogP contribution >= 0.6 is 0 Å². The van der Waals surface area contributed by atoms with Crippen molar-refractivity contribution >= 4 is 11.9 Å². The molecule has 8 aliphatic rings. The summed E-state index contributed by atoms with van der Waals surface area (Å²) >= 11 is 0. The maximum Gasteiger partial charge on any atom is 0.338 e. The molecule has 2 N–H and O–H groups in total. The van der Waals surface area contributed by atoms with E-state index in [1.165, 1.54) is 7.11 Å². The van der Waals surface area contributed by atoms with Crippen LogP contribution in [0.1, 0.15) is 87.9 Å². The Morgan fingerprint density at radius 1 is 0.902 bits per heavy atom. The summed E-state index contributed by atoms with van der Waals surface area (Å²) in [4.78, 5) is 25.8. The molecule has 336 valence electrons. The van der Waals surface area contributed by atoms with E-state index in [9.17, 15) is 19.8 Å². The smallest absolute Gasteiger partial charge is 0.338 e. The molecule has 9 rings (SSSR count). The summed E-state index contributed by atoms with van der Waals surface area (Å²) in [5.41, 5.74) is 2.49. The van der Waals surface area contributed by atoms with Gasteiger partial charge in [-0.3, -0.25) is 4.79 Å². The van der Waals surface area contributed by atoms with E-state index in [1.807, 2.05) is 6.07 Å². The number of esters is 2. The summed E-state index contributed by atoms with van der Waals surface area (Å²) in [5.74, 6) is -1.86. The zero-order chi connectivity index (χ0) is 43.0. The molecule has 8 fully saturated rings. The third-order valence-electron chi connectivity index (χ3n) is 14.2. The molecule has 3 unspecified atom stereocenters. The van der Waals surface area contributed by atoms with Gasteiger partial charge in [-0.15, -0.1) is 6.58 Å². The van der Waals surface area contributed by atoms with Crippen LogP contribution in [0.5, 0.6) is 0 Å². The Kier molecular flexibility index (Phi) is 13.9. The van der Waals surface area contributed by atoms with Gasteiger partial charge in [0, 0.05) is 38.7 Å². The summed E-state index contributed by atoms with van der Waals surface area (Å²) in [6.45, 7) is 14.5. The standard InChI is InChI=1S/C47H64O14/c1-7-11-34-41(59-46(51)28-12-9-8-10-13-28)45-44-43(57-34)42-38(58-44)23-47(60-42,61-45)17-16-31-19-26(3)33(54-31)15-14-30-18-25(2)27(4)35(55-30)22-36-32(21-39(50)52-5)40(53-6)37(56-36)20-29(49)24-48/h7-10,12-13,25,29-38,40-45,48-49H,1,3-4,11,14-24H2,2,5-6H3/t25-,29+,30+,31+,32+,33?,34?,35-,36?,37-,38-,40-,41+,42+,43+,44-,45+,47+/m1/s1. The first-order chi connectivity index (χ1) is 29.4. The molecule has 0 aromatic heterocycles. The molecule has 1 aromatic carbocycles. The SMILES string of the molecule is C=CCC1O[C@@H]2[C@H]3O[C@@H]4C[C@@](CC[C@H]5CC(=C)C(CC[C@H]6C[C@@H](C)C(=C)[C@@H](CC7O[C@H](C[C@H](O)CO)[C@H](OC)[C@H]7CC(=O)OC)O6)O5)(O[C@H]24)O[C@H]3[C@H]1OC(=O)c1ccccc1. The van der Waals surface area contributed by atoms with Gasteiger partial charge in [0.2, 0.25) is 0 Å². The average Bonchev–Trinajstić information content (AvgIpc) is 3.94. The second-order valence-corrected chi connectivity index (χ2v) is 18.2. The lowest BCUT2D eigenvalue weighted by atomic mass is 9.82. The number of carbonyl (C=O) groups excluding carboxylic acids is 2. The fraction of sp³-hybridized carbons (Fsp3) is 0.702. The number of methoxy groups -OCH3 is 2. The molecule has 0 aliphatic carbocycles. The summed E-state index contributed by atoms with van der Waals surface area (Å²) in [6, 6.07) is 8.92. The van der Waals surface area contributed by atoms with Gasteiger partial charge in [0.05, 0.1) is 80.6 Å². The van der Waals surface area contributed by atoms with Crippen LogP contribution in [-0.4, -0.2) is 140 Å². The largest absolute Gasteiger partial charge is 0.469 e. The molecule has 6 bridgehead atoms. The van der Waals surface area contributed by atoms with Gasteiger partial charge >= 0.3 is 11.9 Å². The Labute approximate surface area is 358 Å². The van der Waals surface area contributed by atoms with Gasteiger partial charge in [0.15, 0.2) is 11.9 Å². The van der Waals surface area contributed by atoms with E-state index in [1.54, 1.807) is 37.5 Å². The number of hydrogen-bond donors (Lipinski definition) is 2. The molecule has 0 saturated carbocycles. The highest BCUT2D eigenvalue weighted by atomic mass is 16.8. The van der Waals surface area contributed by atoms with E-state index >= 15 is 0 Å². The van der Waals surface area contributed by atoms with E-state index in [4.69, 9.17) is 47.4 Å². The number of aliphatic hydroxyl groups is 2. The van der Waals surface area contributed by atoms with E-state index in [2.05, 4.69) is 26.7 Å². The van der Waals surface area contributed by atoms with Gasteiger partial charge in [0.1, 0.15) is 30.5 Å². The fourth-order valence-electron chi connectivity index (χ4n) is 11.0. The first kappa shape index (κ1) is 44.6. The molecule has 14 nitrogen and oxygen atoms in total. The fourth-order valence-corrected chi connectivity index (χ4v) is 11.0. The van der Waals surface area contributed by atoms with Gasteiger partial charge in [0.25, 0.3) is 0 Å². The van der Waals surface area contributed by atoms with Gasteiger partial charge in [-0.25, -0.2) is 4.79 Å². The van der Waals surface area contributed by atoms with Crippen LogP contribution in [0.15, 0.2) is 67.3 Å². The molecule has 8 heterocycles. The summed E-state index contributed by atoms with van der Waals surface area (Å²) in [6.07, 6.45) is 2.09. The van der Waals surface area contributed by atoms with Crippen molar-refractivity contribution < 1.29 is 67.2 Å². The predicted molar refractivity (Wildman–Crippen MR) is 219 cm³/mol. The van der Waals surface area contributed by atoms with Crippen LogP contribution in [0.25, 0.3) is 0 Å². The molecule has 0 amide bonds. The van der Waals surface area contributed by atoms with Crippen molar-refractivity contribution in [3.8, 4) is 0 Å². The van der Waals surface area contributed by atoms with Crippen LogP contribution in [0.3, 0.4) is 0 Å². The van der Waals surface area contributed by atoms with Gasteiger partial charge in [-0.2, -0.15) is 0 Å². The summed E-state index contributed by atoms with van der Waals surface area (Å²) < 4.78 is 63.6. The highest BCUT2D eigenvalue weighted by molar-refractivity contribution is 5.89. The number of ether oxygens (including phenoxy) is 10. The highest BCUT2D eigenvalue weighted by Crippen LogP contribution is 2.53. The minimum absolute atomic E-state index is 0.0457. The zero-order valence-corrected chi connectivity index (χ0v) is 35.7. The van der Waals surface area contributed by atoms with Crippen molar-refractivity contribution in [3.63, 3.8) is 0 Å². The zero-order valence-electron chi connectivity index (χ0n) is 35.7. The molecular weight excluding hydrogens is 789 g/mol. The molecule has 0 radical (unpaired) electrons. The van der Waals surface area contributed by atoms with Crippen LogP contribution in [-0.2, 0) is 52.2 Å². The van der Waals surface area contributed by atoms with E-state index in [0.29, 0.717) is 37.7 Å². The van der Waals surface area contributed by atoms with Crippen LogP contribution < -0.4 is 0 Å². The Hall–Kier alpha value is -3.02. The Morgan fingerprint density at radius 2 is 1.66 bits per heavy atom. The Bertz CT molecular complexity index is 1740. The minimum Gasteiger partial charge on any atom is -0.469 e. The highest BCUT2D eigenvalue weighted by Gasteiger charge is 2.68.